The monoisotopic (exact) mass is 699 g/mol. The van der Waals surface area contributed by atoms with Gasteiger partial charge in [-0.05, 0) is 44.4 Å². The summed E-state index contributed by atoms with van der Waals surface area (Å²) in [4.78, 5) is 79.4. The number of likely N-dealkylation sites (N-methyl/N-ethyl adjacent to an activating group) is 1. The number of esters is 1. The molecule has 0 saturated heterocycles. The van der Waals surface area contributed by atoms with Gasteiger partial charge in [-0.3, -0.25) is 28.8 Å². The molecule has 0 aromatic heterocycles. The van der Waals surface area contributed by atoms with Crippen molar-refractivity contribution in [1.29, 1.82) is 0 Å². The fourth-order valence-corrected chi connectivity index (χ4v) is 5.36. The summed E-state index contributed by atoms with van der Waals surface area (Å²) < 4.78 is 5.83. The standard InChI is InChI=1S/C35H65N5O9/c1-10-13-14-15-16-17-28(49-29(43)19-37-32(45)23(7)24(8)42)25(12-3)35(48)40(9)27(18-21(4)5)33(46)39-30(22(6)11-2)34(47)38-26(20-41)31(36)44/h21-28,30,41-42H,10-20H2,1-9H3,(H2,36,44)(H,37,45)(H,38,47)(H,39,46)/t22-,23+,24+,25-,26+,27+,28-,30+/m1/s1. The van der Waals surface area contributed by atoms with Gasteiger partial charge in [0.15, 0.2) is 0 Å². The van der Waals surface area contributed by atoms with E-state index in [0.717, 1.165) is 25.7 Å². The van der Waals surface area contributed by atoms with E-state index in [9.17, 15) is 39.0 Å². The van der Waals surface area contributed by atoms with Crippen molar-refractivity contribution in [2.24, 2.45) is 29.4 Å². The number of aliphatic hydroxyl groups excluding tert-OH is 2. The number of primary amides is 1. The van der Waals surface area contributed by atoms with Gasteiger partial charge in [-0.2, -0.15) is 0 Å². The number of hydrogen-bond acceptors (Lipinski definition) is 9. The number of carbonyl (C=O) groups excluding carboxylic acids is 6. The average Bonchev–Trinajstić information content (AvgIpc) is 3.05. The molecule has 0 fully saturated rings. The molecule has 8 atom stereocenters. The lowest BCUT2D eigenvalue weighted by Crippen LogP contribution is -2.59. The lowest BCUT2D eigenvalue weighted by atomic mass is 9.91. The number of rotatable bonds is 25. The molecule has 49 heavy (non-hydrogen) atoms. The third-order valence-corrected chi connectivity index (χ3v) is 9.07. The molecule has 0 aliphatic rings. The first kappa shape index (κ1) is 45.7. The minimum atomic E-state index is -1.33. The summed E-state index contributed by atoms with van der Waals surface area (Å²) in [6.45, 7) is 13.2. The number of nitrogens with two attached hydrogens (primary N) is 1. The summed E-state index contributed by atoms with van der Waals surface area (Å²) in [5.74, 6) is -5.68. The molecule has 0 unspecified atom stereocenters. The van der Waals surface area contributed by atoms with Crippen molar-refractivity contribution in [2.45, 2.75) is 144 Å². The fraction of sp³-hybridized carbons (Fsp3) is 0.829. The van der Waals surface area contributed by atoms with Crippen molar-refractivity contribution in [3.05, 3.63) is 0 Å². The van der Waals surface area contributed by atoms with E-state index in [1.54, 1.807) is 20.8 Å². The Morgan fingerprint density at radius 2 is 1.45 bits per heavy atom. The first-order chi connectivity index (χ1) is 23.0. The van der Waals surface area contributed by atoms with Gasteiger partial charge in [0.1, 0.15) is 30.8 Å². The fourth-order valence-electron chi connectivity index (χ4n) is 5.36. The summed E-state index contributed by atoms with van der Waals surface area (Å²) in [7, 11) is 1.52. The molecule has 0 heterocycles. The van der Waals surface area contributed by atoms with E-state index in [2.05, 4.69) is 22.9 Å². The van der Waals surface area contributed by atoms with Gasteiger partial charge in [0.05, 0.1) is 24.5 Å². The predicted octanol–water partition coefficient (Wildman–Crippen LogP) is 1.78. The summed E-state index contributed by atoms with van der Waals surface area (Å²) in [6.07, 6.45) is 4.48. The zero-order valence-corrected chi connectivity index (χ0v) is 31.3. The van der Waals surface area contributed by atoms with E-state index in [-0.39, 0.29) is 18.3 Å². The van der Waals surface area contributed by atoms with Gasteiger partial charge in [-0.25, -0.2) is 0 Å². The highest BCUT2D eigenvalue weighted by Crippen LogP contribution is 2.24. The quantitative estimate of drug-likeness (QED) is 0.0604. The van der Waals surface area contributed by atoms with Crippen molar-refractivity contribution >= 4 is 35.5 Å². The van der Waals surface area contributed by atoms with E-state index in [0.29, 0.717) is 25.7 Å². The Morgan fingerprint density at radius 3 is 1.94 bits per heavy atom. The first-order valence-corrected chi connectivity index (χ1v) is 17.9. The van der Waals surface area contributed by atoms with Gasteiger partial charge in [0, 0.05) is 7.05 Å². The normalized spacial score (nSPS) is 16.2. The van der Waals surface area contributed by atoms with Crippen LogP contribution < -0.4 is 21.7 Å². The van der Waals surface area contributed by atoms with Crippen molar-refractivity contribution < 1.29 is 43.7 Å². The average molecular weight is 700 g/mol. The highest BCUT2D eigenvalue weighted by molar-refractivity contribution is 5.94. The van der Waals surface area contributed by atoms with E-state index in [1.165, 1.54) is 18.9 Å². The molecule has 0 aromatic carbocycles. The molecule has 0 spiro atoms. The molecule has 14 nitrogen and oxygen atoms in total. The molecule has 0 saturated carbocycles. The number of hydrogen-bond donors (Lipinski definition) is 6. The second-order valence-electron chi connectivity index (χ2n) is 13.6. The highest BCUT2D eigenvalue weighted by Gasteiger charge is 2.38. The van der Waals surface area contributed by atoms with Crippen LogP contribution in [0.1, 0.15) is 113 Å². The van der Waals surface area contributed by atoms with E-state index >= 15 is 0 Å². The molecule has 0 aliphatic heterocycles. The molecule has 0 aromatic rings. The van der Waals surface area contributed by atoms with Crippen LogP contribution in [0.3, 0.4) is 0 Å². The Hall–Kier alpha value is -3.26. The van der Waals surface area contributed by atoms with Crippen LogP contribution in [-0.2, 0) is 33.5 Å². The minimum absolute atomic E-state index is 0.0181. The third-order valence-electron chi connectivity index (χ3n) is 9.07. The van der Waals surface area contributed by atoms with Gasteiger partial charge in [-0.1, -0.05) is 80.6 Å². The van der Waals surface area contributed by atoms with Gasteiger partial charge in [-0.15, -0.1) is 0 Å². The molecule has 0 bridgehead atoms. The number of amides is 5. The number of nitrogens with zero attached hydrogens (tertiary/aromatic N) is 1. The molecule has 0 rings (SSSR count). The van der Waals surface area contributed by atoms with Crippen LogP contribution >= 0.6 is 0 Å². The van der Waals surface area contributed by atoms with E-state index < -0.39 is 90.8 Å². The zero-order valence-electron chi connectivity index (χ0n) is 31.3. The maximum Gasteiger partial charge on any atom is 0.325 e. The number of carbonyl (C=O) groups is 6. The smallest absolute Gasteiger partial charge is 0.325 e. The largest absolute Gasteiger partial charge is 0.460 e. The summed E-state index contributed by atoms with van der Waals surface area (Å²) in [5.41, 5.74) is 5.28. The van der Waals surface area contributed by atoms with Crippen LogP contribution in [0.25, 0.3) is 0 Å². The van der Waals surface area contributed by atoms with Crippen molar-refractivity contribution in [3.8, 4) is 0 Å². The maximum atomic E-state index is 14.2. The van der Waals surface area contributed by atoms with Crippen molar-refractivity contribution in [3.63, 3.8) is 0 Å². The Morgan fingerprint density at radius 1 is 0.837 bits per heavy atom. The lowest BCUT2D eigenvalue weighted by Gasteiger charge is -2.35. The molecule has 5 amide bonds. The Balaban J connectivity index is 6.22. The SMILES string of the molecule is CCCCCCC[C@@H](OC(=O)CNC(=O)[C@@H](C)[C@H](C)O)[C@@H](CC)C(=O)N(C)[C@@H](CC(C)C)C(=O)N[C@H](C(=O)N[C@@H](CO)C(N)=O)[C@H](C)CC. The van der Waals surface area contributed by atoms with E-state index in [1.807, 2.05) is 20.8 Å². The van der Waals surface area contributed by atoms with Crippen LogP contribution in [0.5, 0.6) is 0 Å². The molecular weight excluding hydrogens is 634 g/mol. The lowest BCUT2D eigenvalue weighted by molar-refractivity contribution is -0.158. The second-order valence-corrected chi connectivity index (χ2v) is 13.6. The highest BCUT2D eigenvalue weighted by atomic mass is 16.5. The minimum Gasteiger partial charge on any atom is -0.460 e. The molecule has 7 N–H and O–H groups in total. The maximum absolute atomic E-state index is 14.2. The summed E-state index contributed by atoms with van der Waals surface area (Å²) in [5, 5.41) is 26.8. The van der Waals surface area contributed by atoms with Gasteiger partial charge in [0.25, 0.3) is 0 Å². The molecular formula is C35H65N5O9. The van der Waals surface area contributed by atoms with Crippen LogP contribution in [0.4, 0.5) is 0 Å². The molecule has 14 heteroatoms. The number of unbranched alkanes of at least 4 members (excludes halogenated alkanes) is 4. The molecule has 0 aliphatic carbocycles. The summed E-state index contributed by atoms with van der Waals surface area (Å²) in [6, 6.07) is -3.38. The number of aliphatic hydroxyl groups is 2. The number of ether oxygens (including phenoxy) is 1. The van der Waals surface area contributed by atoms with Gasteiger partial charge >= 0.3 is 5.97 Å². The Bertz CT molecular complexity index is 1050. The molecule has 0 radical (unpaired) electrons. The summed E-state index contributed by atoms with van der Waals surface area (Å²) >= 11 is 0. The van der Waals surface area contributed by atoms with Crippen molar-refractivity contribution in [2.75, 3.05) is 20.2 Å². The van der Waals surface area contributed by atoms with Crippen LogP contribution in [0.2, 0.25) is 0 Å². The van der Waals surface area contributed by atoms with Crippen LogP contribution in [-0.4, -0.2) is 101 Å². The molecule has 284 valence electrons. The van der Waals surface area contributed by atoms with Gasteiger partial charge in [0.2, 0.25) is 29.5 Å². The second kappa shape index (κ2) is 24.0. The Labute approximate surface area is 293 Å². The Kier molecular flexibility index (Phi) is 22.4. The van der Waals surface area contributed by atoms with E-state index in [4.69, 9.17) is 10.5 Å². The first-order valence-electron chi connectivity index (χ1n) is 17.9. The van der Waals surface area contributed by atoms with Crippen molar-refractivity contribution in [1.82, 2.24) is 20.9 Å². The van der Waals surface area contributed by atoms with Crippen LogP contribution in [0, 0.1) is 23.7 Å². The number of nitrogens with one attached hydrogen (secondary N) is 3. The zero-order chi connectivity index (χ0) is 37.8. The van der Waals surface area contributed by atoms with Crippen LogP contribution in [0.15, 0.2) is 0 Å². The van der Waals surface area contributed by atoms with Gasteiger partial charge < -0.3 is 41.5 Å². The topological polar surface area (TPSA) is 217 Å². The third kappa shape index (κ3) is 16.3. The predicted molar refractivity (Wildman–Crippen MR) is 187 cm³/mol.